The predicted octanol–water partition coefficient (Wildman–Crippen LogP) is 4.45. The van der Waals surface area contributed by atoms with Crippen LogP contribution in [0.2, 0.25) is 0 Å². The molecule has 2 nitrogen and oxygen atoms in total. The first-order chi connectivity index (χ1) is 9.63. The van der Waals surface area contributed by atoms with Gasteiger partial charge in [0.15, 0.2) is 5.78 Å². The number of methoxy groups -OCH3 is 1. The lowest BCUT2D eigenvalue weighted by atomic mass is 10.0. The summed E-state index contributed by atoms with van der Waals surface area (Å²) in [5.41, 5.74) is 3.02. The van der Waals surface area contributed by atoms with Crippen LogP contribution >= 0.6 is 15.9 Å². The number of carbonyl (C=O) groups is 1. The molecule has 2 aromatic rings. The van der Waals surface area contributed by atoms with E-state index < -0.39 is 0 Å². The van der Waals surface area contributed by atoms with Gasteiger partial charge in [0.25, 0.3) is 0 Å². The van der Waals surface area contributed by atoms with Crippen LogP contribution in [0.4, 0.5) is 0 Å². The smallest absolute Gasteiger partial charge is 0.167 e. The molecular weight excluding hydrogens is 316 g/mol. The molecule has 0 spiro atoms. The van der Waals surface area contributed by atoms with Crippen LogP contribution in [0.3, 0.4) is 0 Å². The first-order valence-corrected chi connectivity index (χ1v) is 7.38. The minimum absolute atomic E-state index is 0.109. The van der Waals surface area contributed by atoms with Gasteiger partial charge in [0, 0.05) is 12.0 Å². The fourth-order valence-electron chi connectivity index (χ4n) is 2.02. The van der Waals surface area contributed by atoms with Crippen LogP contribution in [0.15, 0.2) is 46.9 Å². The number of halogens is 1. The third-order valence-corrected chi connectivity index (χ3v) is 3.89. The second kappa shape index (κ2) is 6.71. The molecule has 104 valence electrons. The first kappa shape index (κ1) is 14.8. The summed E-state index contributed by atoms with van der Waals surface area (Å²) in [5, 5.41) is 0. The van der Waals surface area contributed by atoms with Gasteiger partial charge < -0.3 is 4.74 Å². The van der Waals surface area contributed by atoms with Crippen molar-refractivity contribution in [1.82, 2.24) is 0 Å². The molecule has 20 heavy (non-hydrogen) atoms. The number of hydrogen-bond acceptors (Lipinski definition) is 2. The van der Waals surface area contributed by atoms with Gasteiger partial charge in [0.1, 0.15) is 5.75 Å². The number of rotatable bonds is 5. The standard InChI is InChI=1S/C17H17BrO2/c1-3-12-4-6-13(7-5-12)10-16(19)14-8-9-17(20-2)15(18)11-14/h4-9,11H,3,10H2,1-2H3. The highest BCUT2D eigenvalue weighted by molar-refractivity contribution is 9.10. The van der Waals surface area contributed by atoms with E-state index in [0.717, 1.165) is 22.2 Å². The zero-order chi connectivity index (χ0) is 14.5. The van der Waals surface area contributed by atoms with E-state index in [1.54, 1.807) is 19.2 Å². The molecule has 2 aromatic carbocycles. The molecular formula is C17H17BrO2. The van der Waals surface area contributed by atoms with Gasteiger partial charge in [-0.2, -0.15) is 0 Å². The SMILES string of the molecule is CCc1ccc(CC(=O)c2ccc(OC)c(Br)c2)cc1. The summed E-state index contributed by atoms with van der Waals surface area (Å²) in [4.78, 5) is 12.3. The van der Waals surface area contributed by atoms with Crippen LogP contribution < -0.4 is 4.74 Å². The molecule has 0 aromatic heterocycles. The molecule has 0 unspecified atom stereocenters. The topological polar surface area (TPSA) is 26.3 Å². The fourth-order valence-corrected chi connectivity index (χ4v) is 2.56. The van der Waals surface area contributed by atoms with Crippen molar-refractivity contribution in [2.75, 3.05) is 7.11 Å². The van der Waals surface area contributed by atoms with Gasteiger partial charge in [0.05, 0.1) is 11.6 Å². The average molecular weight is 333 g/mol. The molecule has 0 aliphatic carbocycles. The number of Topliss-reactive ketones (excluding diaryl/α,β-unsaturated/α-hetero) is 1. The van der Waals surface area contributed by atoms with Gasteiger partial charge in [-0.3, -0.25) is 4.79 Å². The summed E-state index contributed by atoms with van der Waals surface area (Å²) in [7, 11) is 1.61. The number of aryl methyl sites for hydroxylation is 1. The van der Waals surface area contributed by atoms with E-state index in [0.29, 0.717) is 12.0 Å². The van der Waals surface area contributed by atoms with Crippen molar-refractivity contribution in [3.63, 3.8) is 0 Å². The highest BCUT2D eigenvalue weighted by Gasteiger charge is 2.09. The Balaban J connectivity index is 2.12. The van der Waals surface area contributed by atoms with Crippen molar-refractivity contribution in [3.8, 4) is 5.75 Å². The quantitative estimate of drug-likeness (QED) is 0.756. The van der Waals surface area contributed by atoms with Crippen molar-refractivity contribution in [2.45, 2.75) is 19.8 Å². The molecule has 0 heterocycles. The van der Waals surface area contributed by atoms with Crippen LogP contribution in [0.1, 0.15) is 28.4 Å². The Bertz CT molecular complexity index is 603. The molecule has 0 amide bonds. The van der Waals surface area contributed by atoms with Crippen molar-refractivity contribution >= 4 is 21.7 Å². The Hall–Kier alpha value is -1.61. The summed E-state index contributed by atoms with van der Waals surface area (Å²) in [6.07, 6.45) is 1.43. The number of ketones is 1. The van der Waals surface area contributed by atoms with Crippen LogP contribution in [0.5, 0.6) is 5.75 Å². The summed E-state index contributed by atoms with van der Waals surface area (Å²) in [6.45, 7) is 2.12. The summed E-state index contributed by atoms with van der Waals surface area (Å²) in [5.74, 6) is 0.839. The zero-order valence-electron chi connectivity index (χ0n) is 11.7. The van der Waals surface area contributed by atoms with E-state index in [-0.39, 0.29) is 5.78 Å². The minimum atomic E-state index is 0.109. The molecule has 0 aliphatic heterocycles. The van der Waals surface area contributed by atoms with Gasteiger partial charge in [-0.25, -0.2) is 0 Å². The molecule has 3 heteroatoms. The fraction of sp³-hybridized carbons (Fsp3) is 0.235. The van der Waals surface area contributed by atoms with Crippen molar-refractivity contribution in [2.24, 2.45) is 0 Å². The number of hydrogen-bond donors (Lipinski definition) is 0. The van der Waals surface area contributed by atoms with E-state index in [1.807, 2.05) is 18.2 Å². The second-order valence-electron chi connectivity index (χ2n) is 4.62. The van der Waals surface area contributed by atoms with Crippen molar-refractivity contribution in [3.05, 3.63) is 63.6 Å². The van der Waals surface area contributed by atoms with Crippen LogP contribution in [0, 0.1) is 0 Å². The maximum absolute atomic E-state index is 12.3. The van der Waals surface area contributed by atoms with Crippen molar-refractivity contribution in [1.29, 1.82) is 0 Å². The Morgan fingerprint density at radius 2 is 1.75 bits per heavy atom. The van der Waals surface area contributed by atoms with Gasteiger partial charge in [-0.1, -0.05) is 31.2 Å². The van der Waals surface area contributed by atoms with E-state index in [9.17, 15) is 4.79 Å². The Labute approximate surface area is 127 Å². The monoisotopic (exact) mass is 332 g/mol. The molecule has 0 atom stereocenters. The minimum Gasteiger partial charge on any atom is -0.496 e. The van der Waals surface area contributed by atoms with Gasteiger partial charge in [0.2, 0.25) is 0 Å². The van der Waals surface area contributed by atoms with Gasteiger partial charge in [-0.05, 0) is 51.7 Å². The Morgan fingerprint density at radius 3 is 2.30 bits per heavy atom. The molecule has 0 fully saturated rings. The Morgan fingerprint density at radius 1 is 1.10 bits per heavy atom. The third-order valence-electron chi connectivity index (χ3n) is 3.27. The molecule has 0 N–H and O–H groups in total. The van der Waals surface area contributed by atoms with Crippen LogP contribution in [0.25, 0.3) is 0 Å². The van der Waals surface area contributed by atoms with E-state index in [2.05, 4.69) is 35.0 Å². The average Bonchev–Trinajstić information content (AvgIpc) is 2.48. The molecule has 0 saturated carbocycles. The van der Waals surface area contributed by atoms with Crippen LogP contribution in [-0.4, -0.2) is 12.9 Å². The van der Waals surface area contributed by atoms with E-state index >= 15 is 0 Å². The third kappa shape index (κ3) is 3.48. The summed E-state index contributed by atoms with van der Waals surface area (Å²) < 4.78 is 5.96. The largest absolute Gasteiger partial charge is 0.496 e. The summed E-state index contributed by atoms with van der Waals surface area (Å²) >= 11 is 3.40. The molecule has 2 rings (SSSR count). The molecule has 0 radical (unpaired) electrons. The number of benzene rings is 2. The maximum atomic E-state index is 12.3. The maximum Gasteiger partial charge on any atom is 0.167 e. The summed E-state index contributed by atoms with van der Waals surface area (Å²) in [6, 6.07) is 13.6. The van der Waals surface area contributed by atoms with E-state index in [4.69, 9.17) is 4.74 Å². The second-order valence-corrected chi connectivity index (χ2v) is 5.47. The lowest BCUT2D eigenvalue weighted by Crippen LogP contribution is -2.04. The lowest BCUT2D eigenvalue weighted by Gasteiger charge is -2.06. The molecule has 0 bridgehead atoms. The van der Waals surface area contributed by atoms with E-state index in [1.165, 1.54) is 5.56 Å². The van der Waals surface area contributed by atoms with Crippen LogP contribution in [-0.2, 0) is 12.8 Å². The zero-order valence-corrected chi connectivity index (χ0v) is 13.2. The highest BCUT2D eigenvalue weighted by Crippen LogP contribution is 2.26. The van der Waals surface area contributed by atoms with Gasteiger partial charge in [-0.15, -0.1) is 0 Å². The molecule has 0 aliphatic rings. The highest BCUT2D eigenvalue weighted by atomic mass is 79.9. The predicted molar refractivity (Wildman–Crippen MR) is 84.5 cm³/mol. The van der Waals surface area contributed by atoms with Crippen molar-refractivity contribution < 1.29 is 9.53 Å². The Kier molecular flexibility index (Phi) is 4.96. The molecule has 0 saturated heterocycles. The number of ether oxygens (including phenoxy) is 1. The van der Waals surface area contributed by atoms with Gasteiger partial charge >= 0.3 is 0 Å². The first-order valence-electron chi connectivity index (χ1n) is 6.58. The lowest BCUT2D eigenvalue weighted by molar-refractivity contribution is 0.0993. The normalized spacial score (nSPS) is 10.3. The number of carbonyl (C=O) groups excluding carboxylic acids is 1.